The third kappa shape index (κ3) is 5.08. The molecule has 2 aliphatic heterocycles. The molecule has 0 saturated carbocycles. The van der Waals surface area contributed by atoms with Gasteiger partial charge in [-0.15, -0.1) is 0 Å². The highest BCUT2D eigenvalue weighted by Gasteiger charge is 2.29. The molecule has 1 atom stereocenters. The van der Waals surface area contributed by atoms with E-state index in [0.717, 1.165) is 24.1 Å². The third-order valence-corrected chi connectivity index (χ3v) is 5.85. The number of carbonyl (C=O) groups is 2. The second kappa shape index (κ2) is 9.67. The molecule has 3 heterocycles. The van der Waals surface area contributed by atoms with Gasteiger partial charge in [-0.25, -0.2) is 9.97 Å². The van der Waals surface area contributed by atoms with Gasteiger partial charge in [0.15, 0.2) is 0 Å². The van der Waals surface area contributed by atoms with Crippen molar-refractivity contribution in [1.29, 1.82) is 0 Å². The summed E-state index contributed by atoms with van der Waals surface area (Å²) in [6, 6.07) is 5.76. The lowest BCUT2D eigenvalue weighted by molar-refractivity contribution is -0.114. The molecule has 1 N–H and O–H groups in total. The van der Waals surface area contributed by atoms with E-state index in [4.69, 9.17) is 11.6 Å². The number of halogens is 1. The summed E-state index contributed by atoms with van der Waals surface area (Å²) in [6.45, 7) is 2.56. The van der Waals surface area contributed by atoms with Crippen LogP contribution in [-0.4, -0.2) is 77.9 Å². The Kier molecular flexibility index (Phi) is 6.72. The minimum absolute atomic E-state index is 0.0310. The van der Waals surface area contributed by atoms with Crippen LogP contribution in [0.15, 0.2) is 42.7 Å². The van der Waals surface area contributed by atoms with Crippen molar-refractivity contribution in [2.75, 3.05) is 50.5 Å². The number of aromatic nitrogens is 2. The lowest BCUT2D eigenvalue weighted by Gasteiger charge is -2.19. The Labute approximate surface area is 192 Å². The van der Waals surface area contributed by atoms with Crippen LogP contribution in [0, 0.1) is 0 Å². The lowest BCUT2D eigenvalue weighted by atomic mass is 10.1. The maximum atomic E-state index is 13.1. The molecule has 0 radical (unpaired) electrons. The first-order chi connectivity index (χ1) is 15.4. The summed E-state index contributed by atoms with van der Waals surface area (Å²) in [5.41, 5.74) is 2.53. The van der Waals surface area contributed by atoms with Crippen molar-refractivity contribution in [2.24, 2.45) is 0 Å². The van der Waals surface area contributed by atoms with Crippen molar-refractivity contribution in [3.63, 3.8) is 0 Å². The largest absolute Gasteiger partial charge is 0.350 e. The fourth-order valence-corrected chi connectivity index (χ4v) is 4.11. The topological polar surface area (TPSA) is 81.7 Å². The molecule has 8 nitrogen and oxygen atoms in total. The maximum absolute atomic E-state index is 13.1. The fraction of sp³-hybridized carbons (Fsp3) is 0.391. The second-order valence-corrected chi connectivity index (χ2v) is 8.79. The number of nitrogens with zero attached hydrogens (tertiary/aromatic N) is 5. The van der Waals surface area contributed by atoms with Gasteiger partial charge in [-0.3, -0.25) is 9.59 Å². The normalized spacial score (nSPS) is 17.9. The van der Waals surface area contributed by atoms with Crippen LogP contribution in [0.3, 0.4) is 0 Å². The quantitative estimate of drug-likeness (QED) is 0.675. The molecule has 0 aliphatic carbocycles. The summed E-state index contributed by atoms with van der Waals surface area (Å²) in [6.07, 6.45) is 8.16. The number of carbonyl (C=O) groups excluding carboxylic acids is 2. The van der Waals surface area contributed by atoms with Crippen LogP contribution in [0.5, 0.6) is 0 Å². The minimum atomic E-state index is -0.0522. The molecule has 9 heteroatoms. The predicted molar refractivity (Wildman–Crippen MR) is 125 cm³/mol. The van der Waals surface area contributed by atoms with Gasteiger partial charge in [-0.1, -0.05) is 23.7 Å². The molecule has 32 heavy (non-hydrogen) atoms. The number of nitrogens with one attached hydrogen (secondary N) is 1. The Hall–Kier alpha value is -2.97. The van der Waals surface area contributed by atoms with E-state index in [1.54, 1.807) is 23.4 Å². The Morgan fingerprint density at radius 2 is 2.03 bits per heavy atom. The molecule has 4 rings (SSSR count). The summed E-state index contributed by atoms with van der Waals surface area (Å²) < 4.78 is 0. The lowest BCUT2D eigenvalue weighted by Crippen LogP contribution is -2.32. The Bertz CT molecular complexity index is 1020. The van der Waals surface area contributed by atoms with Crippen molar-refractivity contribution in [2.45, 2.75) is 18.9 Å². The molecule has 1 aromatic carbocycles. The molecule has 0 bridgehead atoms. The number of hydrogen-bond donors (Lipinski definition) is 1. The molecule has 2 amide bonds. The number of amides is 2. The number of likely N-dealkylation sites (N-methyl/N-ethyl adjacent to an activating group) is 1. The van der Waals surface area contributed by atoms with Crippen LogP contribution >= 0.6 is 11.6 Å². The summed E-state index contributed by atoms with van der Waals surface area (Å²) in [5, 5.41) is 3.74. The molecule has 1 saturated heterocycles. The predicted octanol–water partition coefficient (Wildman–Crippen LogP) is 2.46. The first kappa shape index (κ1) is 22.2. The molecule has 0 spiro atoms. The van der Waals surface area contributed by atoms with E-state index < -0.39 is 0 Å². The number of hydrogen-bond acceptors (Lipinski definition) is 6. The van der Waals surface area contributed by atoms with Gasteiger partial charge in [0.1, 0.15) is 0 Å². The number of benzene rings is 1. The Morgan fingerprint density at radius 3 is 2.78 bits per heavy atom. The SMILES string of the molecule is CN(C)C/C=C/C(=O)N1CCc2ccc(C(=O)N3CC[C@@H](Nc4ncc(Cl)cn4)C3)cc21. The molecule has 0 unspecified atom stereocenters. The minimum Gasteiger partial charge on any atom is -0.350 e. The van der Waals surface area contributed by atoms with E-state index >= 15 is 0 Å². The molecule has 2 aliphatic rings. The first-order valence-electron chi connectivity index (χ1n) is 10.7. The maximum Gasteiger partial charge on any atom is 0.254 e. The highest BCUT2D eigenvalue weighted by Crippen LogP contribution is 2.30. The molecule has 1 fully saturated rings. The van der Waals surface area contributed by atoms with Crippen LogP contribution in [0.2, 0.25) is 5.02 Å². The molecular weight excluding hydrogens is 428 g/mol. The van der Waals surface area contributed by atoms with Crippen LogP contribution in [-0.2, 0) is 11.2 Å². The van der Waals surface area contributed by atoms with E-state index in [0.29, 0.717) is 42.7 Å². The van der Waals surface area contributed by atoms with Gasteiger partial charge in [-0.2, -0.15) is 0 Å². The Morgan fingerprint density at radius 1 is 1.25 bits per heavy atom. The summed E-state index contributed by atoms with van der Waals surface area (Å²) in [5.74, 6) is 0.419. The highest BCUT2D eigenvalue weighted by molar-refractivity contribution is 6.30. The van der Waals surface area contributed by atoms with Crippen LogP contribution in [0.4, 0.5) is 11.6 Å². The standard InChI is InChI=1S/C23H27ClN6O2/c1-28(2)9-3-4-21(31)30-11-7-16-5-6-17(12-20(16)30)22(32)29-10-8-19(15-29)27-23-25-13-18(24)14-26-23/h3-6,12-14,19H,7-11,15H2,1-2H3,(H,25,26,27)/b4-3+/t19-/m1/s1. The fourth-order valence-electron chi connectivity index (χ4n) is 4.01. The average molecular weight is 455 g/mol. The number of fused-ring (bicyclic) bond motifs is 1. The number of rotatable bonds is 6. The number of likely N-dealkylation sites (tertiary alicyclic amines) is 1. The van der Waals surface area contributed by atoms with Gasteiger partial charge in [0.2, 0.25) is 5.95 Å². The highest BCUT2D eigenvalue weighted by atomic mass is 35.5. The van der Waals surface area contributed by atoms with E-state index in [9.17, 15) is 9.59 Å². The van der Waals surface area contributed by atoms with E-state index in [1.165, 1.54) is 0 Å². The van der Waals surface area contributed by atoms with Gasteiger partial charge < -0.3 is 20.0 Å². The summed E-state index contributed by atoms with van der Waals surface area (Å²) in [7, 11) is 3.91. The zero-order valence-corrected chi connectivity index (χ0v) is 19.0. The van der Waals surface area contributed by atoms with Crippen LogP contribution in [0.25, 0.3) is 0 Å². The first-order valence-corrected chi connectivity index (χ1v) is 11.1. The van der Waals surface area contributed by atoms with Gasteiger partial charge >= 0.3 is 0 Å². The van der Waals surface area contributed by atoms with Crippen molar-refractivity contribution in [1.82, 2.24) is 19.8 Å². The molecule has 1 aromatic heterocycles. The third-order valence-electron chi connectivity index (χ3n) is 5.65. The summed E-state index contributed by atoms with van der Waals surface area (Å²) in [4.78, 5) is 39.7. The molecule has 168 valence electrons. The van der Waals surface area contributed by atoms with Crippen molar-refractivity contribution < 1.29 is 9.59 Å². The monoisotopic (exact) mass is 454 g/mol. The zero-order chi connectivity index (χ0) is 22.7. The van der Waals surface area contributed by atoms with Gasteiger partial charge in [0, 0.05) is 49.5 Å². The van der Waals surface area contributed by atoms with Gasteiger partial charge in [-0.05, 0) is 44.6 Å². The van der Waals surface area contributed by atoms with E-state index in [-0.39, 0.29) is 17.9 Å². The van der Waals surface area contributed by atoms with Crippen LogP contribution < -0.4 is 10.2 Å². The molecular formula is C23H27ClN6O2. The van der Waals surface area contributed by atoms with Crippen molar-refractivity contribution in [3.8, 4) is 0 Å². The smallest absolute Gasteiger partial charge is 0.254 e. The van der Waals surface area contributed by atoms with E-state index in [2.05, 4.69) is 15.3 Å². The van der Waals surface area contributed by atoms with E-state index in [1.807, 2.05) is 48.2 Å². The molecule has 2 aromatic rings. The van der Waals surface area contributed by atoms with Gasteiger partial charge in [0.05, 0.1) is 17.4 Å². The Balaban J connectivity index is 1.41. The average Bonchev–Trinajstić information content (AvgIpc) is 3.41. The van der Waals surface area contributed by atoms with Gasteiger partial charge in [0.25, 0.3) is 11.8 Å². The van der Waals surface area contributed by atoms with Crippen LogP contribution in [0.1, 0.15) is 22.3 Å². The van der Waals surface area contributed by atoms with Crippen molar-refractivity contribution >= 4 is 35.1 Å². The summed E-state index contributed by atoms with van der Waals surface area (Å²) >= 11 is 5.83. The number of anilines is 2. The zero-order valence-electron chi connectivity index (χ0n) is 18.3. The van der Waals surface area contributed by atoms with Crippen molar-refractivity contribution in [3.05, 3.63) is 58.9 Å². The second-order valence-electron chi connectivity index (χ2n) is 8.35.